The minimum absolute atomic E-state index is 0.0119. The van der Waals surface area contributed by atoms with Crippen LogP contribution in [0.2, 0.25) is 0 Å². The summed E-state index contributed by atoms with van der Waals surface area (Å²) < 4.78 is 9.96. The number of carbonyl (C=O) groups is 5. The number of carboxylic acid groups (broad SMARTS) is 1. The van der Waals surface area contributed by atoms with Gasteiger partial charge in [-0.3, -0.25) is 14.4 Å². The summed E-state index contributed by atoms with van der Waals surface area (Å²) >= 11 is 0. The molecule has 1 amide bonds. The van der Waals surface area contributed by atoms with Crippen molar-refractivity contribution in [3.63, 3.8) is 0 Å². The van der Waals surface area contributed by atoms with Gasteiger partial charge in [-0.25, -0.2) is 9.59 Å². The molecule has 0 radical (unpaired) electrons. The number of ether oxygens (including phenoxy) is 2. The van der Waals surface area contributed by atoms with Crippen molar-refractivity contribution in [3.8, 4) is 5.75 Å². The van der Waals surface area contributed by atoms with Crippen LogP contribution >= 0.6 is 0 Å². The zero-order chi connectivity index (χ0) is 34.4. The Labute approximate surface area is 272 Å². The Balaban J connectivity index is 2.95. The van der Waals surface area contributed by atoms with Crippen LogP contribution in [0.15, 0.2) is 36.4 Å². The second kappa shape index (κ2) is 22.7. The van der Waals surface area contributed by atoms with E-state index >= 15 is 0 Å². The van der Waals surface area contributed by atoms with E-state index in [2.05, 4.69) is 12.2 Å². The van der Waals surface area contributed by atoms with Crippen LogP contribution in [0.4, 0.5) is 0 Å². The standard InChI is InChI=1S/C35H53NO10/c1-4-7-8-11-14-17-27(37)18-15-12-9-10-13-16-19-29(35(44,34(42)43)25-31(39)45-5-2)32(40)36-30(33(41)46-6-3)24-26-20-22-28(38)23-21-26/h16,19-23,29-30,38,44H,4-15,17-18,24-25H2,1-3H3,(H,36,40)(H,42,43)/b19-16+/t29-,30+,35+/m1/s1. The van der Waals surface area contributed by atoms with E-state index in [0.717, 1.165) is 38.5 Å². The van der Waals surface area contributed by atoms with Gasteiger partial charge in [0.25, 0.3) is 0 Å². The largest absolute Gasteiger partial charge is 0.508 e. The quantitative estimate of drug-likeness (QED) is 0.0627. The molecule has 0 aromatic heterocycles. The number of aromatic hydroxyl groups is 1. The lowest BCUT2D eigenvalue weighted by Gasteiger charge is -2.30. The number of Topliss-reactive ketones (excluding diaryl/α,β-unsaturated/α-hetero) is 1. The number of hydrogen-bond acceptors (Lipinski definition) is 9. The molecule has 1 rings (SSSR count). The average Bonchev–Trinajstić information content (AvgIpc) is 3.00. The van der Waals surface area contributed by atoms with Crippen molar-refractivity contribution in [2.24, 2.45) is 5.92 Å². The number of aliphatic hydroxyl groups is 1. The molecule has 0 heterocycles. The molecule has 0 aliphatic rings. The van der Waals surface area contributed by atoms with Gasteiger partial charge in [0.15, 0.2) is 5.60 Å². The highest BCUT2D eigenvalue weighted by molar-refractivity contribution is 5.95. The molecular weight excluding hydrogens is 594 g/mol. The molecule has 46 heavy (non-hydrogen) atoms. The third kappa shape index (κ3) is 15.5. The maximum absolute atomic E-state index is 13.6. The average molecular weight is 648 g/mol. The maximum atomic E-state index is 13.6. The van der Waals surface area contributed by atoms with Gasteiger partial charge in [-0.2, -0.15) is 0 Å². The number of aliphatic carboxylic acids is 1. The first-order chi connectivity index (χ1) is 22.0. The second-order valence-electron chi connectivity index (χ2n) is 11.5. The van der Waals surface area contributed by atoms with Crippen LogP contribution in [0.3, 0.4) is 0 Å². The summed E-state index contributed by atoms with van der Waals surface area (Å²) in [6, 6.07) is 4.71. The first-order valence-electron chi connectivity index (χ1n) is 16.5. The fourth-order valence-electron chi connectivity index (χ4n) is 5.00. The molecule has 0 aliphatic heterocycles. The summed E-state index contributed by atoms with van der Waals surface area (Å²) in [7, 11) is 0. The van der Waals surface area contributed by atoms with Crippen molar-refractivity contribution in [2.45, 2.75) is 122 Å². The van der Waals surface area contributed by atoms with Crippen molar-refractivity contribution >= 4 is 29.6 Å². The van der Waals surface area contributed by atoms with Gasteiger partial charge in [0.05, 0.1) is 25.6 Å². The third-order valence-electron chi connectivity index (χ3n) is 7.61. The summed E-state index contributed by atoms with van der Waals surface area (Å²) in [6.45, 7) is 5.25. The van der Waals surface area contributed by atoms with Crippen LogP contribution in [0.5, 0.6) is 5.75 Å². The molecule has 1 aromatic carbocycles. The highest BCUT2D eigenvalue weighted by atomic mass is 16.5. The first-order valence-corrected chi connectivity index (χ1v) is 16.5. The smallest absolute Gasteiger partial charge is 0.337 e. The second-order valence-corrected chi connectivity index (χ2v) is 11.5. The van der Waals surface area contributed by atoms with Gasteiger partial charge < -0.3 is 30.1 Å². The Morgan fingerprint density at radius 1 is 0.848 bits per heavy atom. The molecule has 11 heteroatoms. The van der Waals surface area contributed by atoms with Crippen LogP contribution in [0.1, 0.15) is 110 Å². The number of phenolic OH excluding ortho intramolecular Hbond substituents is 1. The Bertz CT molecular complexity index is 1120. The number of carboxylic acids is 1. The fourth-order valence-corrected chi connectivity index (χ4v) is 5.00. The summed E-state index contributed by atoms with van der Waals surface area (Å²) in [5, 5.41) is 33.3. The number of phenols is 1. The van der Waals surface area contributed by atoms with Crippen LogP contribution in [0, 0.1) is 5.92 Å². The number of carbonyl (C=O) groups excluding carboxylic acids is 4. The lowest BCUT2D eigenvalue weighted by molar-refractivity contribution is -0.174. The number of unbranched alkanes of at least 4 members (excludes halogenated alkanes) is 8. The topological polar surface area (TPSA) is 177 Å². The molecule has 4 N–H and O–H groups in total. The molecule has 0 saturated heterocycles. The zero-order valence-corrected chi connectivity index (χ0v) is 27.6. The van der Waals surface area contributed by atoms with Crippen LogP contribution in [-0.2, 0) is 39.9 Å². The normalized spacial score (nSPS) is 13.8. The molecule has 0 aliphatic carbocycles. The van der Waals surface area contributed by atoms with Gasteiger partial charge in [-0.05, 0) is 57.2 Å². The highest BCUT2D eigenvalue weighted by Gasteiger charge is 2.49. The van der Waals surface area contributed by atoms with E-state index in [4.69, 9.17) is 9.47 Å². The molecule has 1 aromatic rings. The predicted octanol–water partition coefficient (Wildman–Crippen LogP) is 5.19. The number of ketones is 1. The van der Waals surface area contributed by atoms with Gasteiger partial charge >= 0.3 is 17.9 Å². The SMILES string of the molecule is CCCCCCCC(=O)CCCCCC/C=C/[C@H](C(=O)N[C@@H](Cc1ccc(O)cc1)C(=O)OCC)[C@@](O)(CC(=O)OCC)C(=O)O. The number of benzene rings is 1. The minimum atomic E-state index is -2.86. The van der Waals surface area contributed by atoms with E-state index in [-0.39, 0.29) is 31.2 Å². The van der Waals surface area contributed by atoms with Crippen LogP contribution in [0.25, 0.3) is 0 Å². The lowest BCUT2D eigenvalue weighted by Crippen LogP contribution is -2.55. The number of esters is 2. The van der Waals surface area contributed by atoms with E-state index < -0.39 is 47.8 Å². The number of rotatable bonds is 25. The Kier molecular flexibility index (Phi) is 19.9. The molecule has 0 saturated carbocycles. The van der Waals surface area contributed by atoms with E-state index in [9.17, 15) is 39.3 Å². The van der Waals surface area contributed by atoms with E-state index in [1.807, 2.05) is 0 Å². The fraction of sp³-hybridized carbons (Fsp3) is 0.629. The van der Waals surface area contributed by atoms with E-state index in [1.54, 1.807) is 25.1 Å². The number of nitrogens with one attached hydrogen (secondary N) is 1. The molecule has 0 bridgehead atoms. The molecule has 0 spiro atoms. The van der Waals surface area contributed by atoms with E-state index in [1.165, 1.54) is 38.0 Å². The summed E-state index contributed by atoms with van der Waals surface area (Å²) in [5.74, 6) is -6.02. The minimum Gasteiger partial charge on any atom is -0.508 e. The van der Waals surface area contributed by atoms with Gasteiger partial charge in [0, 0.05) is 19.3 Å². The molecule has 11 nitrogen and oxygen atoms in total. The maximum Gasteiger partial charge on any atom is 0.337 e. The predicted molar refractivity (Wildman–Crippen MR) is 173 cm³/mol. The van der Waals surface area contributed by atoms with Crippen LogP contribution in [-0.4, -0.2) is 69.8 Å². The van der Waals surface area contributed by atoms with Crippen molar-refractivity contribution in [1.82, 2.24) is 5.32 Å². The molecule has 258 valence electrons. The lowest BCUT2D eigenvalue weighted by atomic mass is 9.82. The molecule has 0 unspecified atom stereocenters. The summed E-state index contributed by atoms with van der Waals surface area (Å²) in [6.07, 6.45) is 12.1. The summed E-state index contributed by atoms with van der Waals surface area (Å²) in [5.41, 5.74) is -2.28. The molecular formula is C35H53NO10. The Morgan fingerprint density at radius 2 is 1.43 bits per heavy atom. The van der Waals surface area contributed by atoms with Gasteiger partial charge in [-0.15, -0.1) is 0 Å². The highest BCUT2D eigenvalue weighted by Crippen LogP contribution is 2.26. The van der Waals surface area contributed by atoms with Gasteiger partial charge in [0.2, 0.25) is 5.91 Å². The van der Waals surface area contributed by atoms with Gasteiger partial charge in [0.1, 0.15) is 17.6 Å². The van der Waals surface area contributed by atoms with E-state index in [0.29, 0.717) is 31.2 Å². The Hall–Kier alpha value is -3.73. The number of hydrogen-bond donors (Lipinski definition) is 4. The number of allylic oxidation sites excluding steroid dienone is 1. The van der Waals surface area contributed by atoms with Crippen molar-refractivity contribution in [2.75, 3.05) is 13.2 Å². The first kappa shape index (κ1) is 40.3. The van der Waals surface area contributed by atoms with Crippen LogP contribution < -0.4 is 5.32 Å². The third-order valence-corrected chi connectivity index (χ3v) is 7.61. The summed E-state index contributed by atoms with van der Waals surface area (Å²) in [4.78, 5) is 63.0. The van der Waals surface area contributed by atoms with Crippen molar-refractivity contribution in [3.05, 3.63) is 42.0 Å². The molecule has 3 atom stereocenters. The molecule has 0 fully saturated rings. The number of amides is 1. The zero-order valence-electron chi connectivity index (χ0n) is 27.6. The van der Waals surface area contributed by atoms with Gasteiger partial charge in [-0.1, -0.05) is 69.7 Å². The Morgan fingerprint density at radius 3 is 2.00 bits per heavy atom. The van der Waals surface area contributed by atoms with Crippen molar-refractivity contribution < 1.29 is 48.8 Å². The van der Waals surface area contributed by atoms with Crippen molar-refractivity contribution in [1.29, 1.82) is 0 Å². The monoisotopic (exact) mass is 647 g/mol.